The van der Waals surface area contributed by atoms with Crippen LogP contribution in [0.5, 0.6) is 0 Å². The van der Waals surface area contributed by atoms with Gasteiger partial charge in [0.2, 0.25) is 0 Å². The number of hydrogen-bond acceptors (Lipinski definition) is 4. The topological polar surface area (TPSA) is 49.3 Å². The molecule has 2 saturated heterocycles. The van der Waals surface area contributed by atoms with Gasteiger partial charge in [0.05, 0.1) is 13.2 Å². The Kier molecular flexibility index (Phi) is 8.86. The van der Waals surface area contributed by atoms with Crippen LogP contribution in [-0.2, 0) is 16.0 Å². The highest BCUT2D eigenvalue weighted by molar-refractivity contribution is 6.30. The first-order valence-corrected chi connectivity index (χ1v) is 10.7. The van der Waals surface area contributed by atoms with Gasteiger partial charge in [0, 0.05) is 70.5 Å². The monoisotopic (exact) mass is 408 g/mol. The summed E-state index contributed by atoms with van der Waals surface area (Å²) in [6, 6.07) is 8.14. The molecule has 1 aromatic rings. The highest BCUT2D eigenvalue weighted by Crippen LogP contribution is 2.13. The Labute approximate surface area is 173 Å². The molecule has 0 bridgehead atoms. The number of aliphatic imine (C=N–C) groups is 1. The molecule has 28 heavy (non-hydrogen) atoms. The minimum Gasteiger partial charge on any atom is -0.381 e. The van der Waals surface area contributed by atoms with E-state index in [9.17, 15) is 0 Å². The van der Waals surface area contributed by atoms with Crippen LogP contribution >= 0.6 is 11.6 Å². The van der Waals surface area contributed by atoms with Crippen LogP contribution < -0.4 is 5.32 Å². The van der Waals surface area contributed by atoms with E-state index in [-0.39, 0.29) is 0 Å². The third-order valence-electron chi connectivity index (χ3n) is 5.33. The molecular weight excluding hydrogens is 376 g/mol. The maximum Gasteiger partial charge on any atom is 0.193 e. The molecule has 0 spiro atoms. The molecule has 1 aromatic carbocycles. The Morgan fingerprint density at radius 2 is 2.04 bits per heavy atom. The maximum absolute atomic E-state index is 5.97. The zero-order valence-corrected chi connectivity index (χ0v) is 17.7. The Balaban J connectivity index is 1.29. The van der Waals surface area contributed by atoms with Gasteiger partial charge in [0.25, 0.3) is 0 Å². The lowest BCUT2D eigenvalue weighted by molar-refractivity contribution is 0.0886. The fraction of sp³-hybridized carbons (Fsp3) is 0.667. The molecule has 0 amide bonds. The number of guanidine groups is 1. The van der Waals surface area contributed by atoms with Crippen molar-refractivity contribution >= 4 is 17.6 Å². The molecule has 2 heterocycles. The lowest BCUT2D eigenvalue weighted by Crippen LogP contribution is -2.52. The van der Waals surface area contributed by atoms with Crippen LogP contribution in [0, 0.1) is 5.92 Å². The number of ether oxygens (including phenoxy) is 2. The van der Waals surface area contributed by atoms with E-state index in [1.54, 1.807) is 0 Å². The van der Waals surface area contributed by atoms with Gasteiger partial charge in [-0.1, -0.05) is 23.7 Å². The number of piperazine rings is 1. The number of halogens is 1. The number of rotatable bonds is 8. The van der Waals surface area contributed by atoms with E-state index in [4.69, 9.17) is 21.1 Å². The first-order chi connectivity index (χ1) is 13.7. The van der Waals surface area contributed by atoms with Gasteiger partial charge >= 0.3 is 0 Å². The largest absolute Gasteiger partial charge is 0.381 e. The summed E-state index contributed by atoms with van der Waals surface area (Å²) in [4.78, 5) is 9.27. The number of benzene rings is 1. The number of hydrogen-bond donors (Lipinski definition) is 1. The fourth-order valence-corrected chi connectivity index (χ4v) is 3.76. The highest BCUT2D eigenvalue weighted by atomic mass is 35.5. The van der Waals surface area contributed by atoms with Gasteiger partial charge in [0.15, 0.2) is 5.96 Å². The zero-order chi connectivity index (χ0) is 19.6. The normalized spacial score (nSPS) is 21.3. The molecule has 2 aliphatic heterocycles. The summed E-state index contributed by atoms with van der Waals surface area (Å²) in [5.41, 5.74) is 1.31. The average Bonchev–Trinajstić information content (AvgIpc) is 3.24. The van der Waals surface area contributed by atoms with Crippen molar-refractivity contribution in [2.75, 3.05) is 66.2 Å². The minimum absolute atomic E-state index is 0.588. The van der Waals surface area contributed by atoms with Gasteiger partial charge in [-0.25, -0.2) is 0 Å². The summed E-state index contributed by atoms with van der Waals surface area (Å²) < 4.78 is 11.1. The van der Waals surface area contributed by atoms with Crippen molar-refractivity contribution in [2.45, 2.75) is 19.4 Å². The predicted octanol–water partition coefficient (Wildman–Crippen LogP) is 2.48. The van der Waals surface area contributed by atoms with Crippen molar-refractivity contribution in [3.63, 3.8) is 0 Å². The molecule has 1 atom stereocenters. The van der Waals surface area contributed by atoms with E-state index < -0.39 is 0 Å². The minimum atomic E-state index is 0.588. The first-order valence-electron chi connectivity index (χ1n) is 10.3. The van der Waals surface area contributed by atoms with E-state index in [1.807, 2.05) is 19.2 Å². The van der Waals surface area contributed by atoms with Gasteiger partial charge in [0.1, 0.15) is 0 Å². The van der Waals surface area contributed by atoms with E-state index in [0.717, 1.165) is 89.5 Å². The fourth-order valence-electron chi connectivity index (χ4n) is 3.64. The smallest absolute Gasteiger partial charge is 0.193 e. The van der Waals surface area contributed by atoms with Crippen molar-refractivity contribution in [2.24, 2.45) is 10.9 Å². The highest BCUT2D eigenvalue weighted by Gasteiger charge is 2.19. The lowest BCUT2D eigenvalue weighted by atomic mass is 10.1. The quantitative estimate of drug-likeness (QED) is 0.407. The molecule has 1 unspecified atom stereocenters. The number of nitrogens with zero attached hydrogens (tertiary/aromatic N) is 3. The predicted molar refractivity (Wildman–Crippen MR) is 114 cm³/mol. The van der Waals surface area contributed by atoms with Crippen molar-refractivity contribution in [1.29, 1.82) is 0 Å². The van der Waals surface area contributed by atoms with Crippen LogP contribution in [0.25, 0.3) is 0 Å². The van der Waals surface area contributed by atoms with Crippen LogP contribution in [-0.4, -0.2) is 82.0 Å². The van der Waals surface area contributed by atoms with Crippen LogP contribution in [0.3, 0.4) is 0 Å². The molecule has 156 valence electrons. The van der Waals surface area contributed by atoms with Crippen LogP contribution in [0.1, 0.15) is 18.4 Å². The van der Waals surface area contributed by atoms with E-state index in [0.29, 0.717) is 5.92 Å². The van der Waals surface area contributed by atoms with E-state index in [1.165, 1.54) is 5.56 Å². The molecular formula is C21H33ClN4O2. The van der Waals surface area contributed by atoms with Crippen molar-refractivity contribution in [3.05, 3.63) is 34.9 Å². The van der Waals surface area contributed by atoms with Crippen LogP contribution in [0.2, 0.25) is 5.02 Å². The van der Waals surface area contributed by atoms with E-state index >= 15 is 0 Å². The van der Waals surface area contributed by atoms with Crippen molar-refractivity contribution in [1.82, 2.24) is 15.1 Å². The van der Waals surface area contributed by atoms with Crippen molar-refractivity contribution < 1.29 is 9.47 Å². The molecule has 0 aliphatic carbocycles. The Hall–Kier alpha value is -1.34. The van der Waals surface area contributed by atoms with E-state index in [2.05, 4.69) is 32.2 Å². The number of nitrogens with one attached hydrogen (secondary N) is 1. The lowest BCUT2D eigenvalue weighted by Gasteiger charge is -2.36. The van der Waals surface area contributed by atoms with Gasteiger partial charge < -0.3 is 19.7 Å². The summed E-state index contributed by atoms with van der Waals surface area (Å²) in [6.07, 6.45) is 2.12. The average molecular weight is 409 g/mol. The second-order valence-electron chi connectivity index (χ2n) is 7.52. The molecule has 1 N–H and O–H groups in total. The molecule has 0 saturated carbocycles. The van der Waals surface area contributed by atoms with Crippen LogP contribution in [0.4, 0.5) is 0 Å². The molecule has 0 aromatic heterocycles. The SMILES string of the molecule is CN=C(NCCCOCC1CCOC1)N1CCN(Cc2ccc(Cl)cc2)CC1. The molecule has 2 fully saturated rings. The summed E-state index contributed by atoms with van der Waals surface area (Å²) in [6.45, 7) is 9.27. The maximum atomic E-state index is 5.97. The Morgan fingerprint density at radius 3 is 2.71 bits per heavy atom. The molecule has 2 aliphatic rings. The molecule has 3 rings (SSSR count). The van der Waals surface area contributed by atoms with Crippen LogP contribution in [0.15, 0.2) is 29.3 Å². The second-order valence-corrected chi connectivity index (χ2v) is 7.96. The second kappa shape index (κ2) is 11.6. The Bertz CT molecular complexity index is 597. The van der Waals surface area contributed by atoms with Gasteiger partial charge in [-0.05, 0) is 30.5 Å². The summed E-state index contributed by atoms with van der Waals surface area (Å²) in [5, 5.41) is 4.27. The molecule has 0 radical (unpaired) electrons. The van der Waals surface area contributed by atoms with Crippen molar-refractivity contribution in [3.8, 4) is 0 Å². The summed E-state index contributed by atoms with van der Waals surface area (Å²) >= 11 is 5.97. The first kappa shape index (κ1) is 21.4. The third kappa shape index (κ3) is 6.92. The third-order valence-corrected chi connectivity index (χ3v) is 5.58. The van der Waals surface area contributed by atoms with Gasteiger partial charge in [-0.2, -0.15) is 0 Å². The molecule has 7 heteroatoms. The van der Waals surface area contributed by atoms with Gasteiger partial charge in [-0.3, -0.25) is 9.89 Å². The molecule has 6 nitrogen and oxygen atoms in total. The summed E-state index contributed by atoms with van der Waals surface area (Å²) in [5.74, 6) is 1.58. The Morgan fingerprint density at radius 1 is 1.25 bits per heavy atom. The standard InChI is InChI=1S/C21H33ClN4O2/c1-23-21(24-8-2-13-27-16-19-7-14-28-17-19)26-11-9-25(10-12-26)15-18-3-5-20(22)6-4-18/h3-6,19H,2,7-17H2,1H3,(H,23,24). The van der Waals surface area contributed by atoms with Gasteiger partial charge in [-0.15, -0.1) is 0 Å². The zero-order valence-electron chi connectivity index (χ0n) is 16.9. The summed E-state index contributed by atoms with van der Waals surface area (Å²) in [7, 11) is 1.86.